The van der Waals surface area contributed by atoms with E-state index in [1.165, 1.54) is 23.1 Å². The zero-order chi connectivity index (χ0) is 20.8. The number of nitrogens with one attached hydrogen (secondary N) is 1. The summed E-state index contributed by atoms with van der Waals surface area (Å²) in [7, 11) is 0. The van der Waals surface area contributed by atoms with E-state index >= 15 is 0 Å². The number of carbonyl (C=O) groups excluding carboxylic acids is 2. The summed E-state index contributed by atoms with van der Waals surface area (Å²) in [4.78, 5) is 28.7. The predicted octanol–water partition coefficient (Wildman–Crippen LogP) is 2.80. The number of piperazine rings is 1. The molecule has 0 aromatic heterocycles. The first-order valence-electron chi connectivity index (χ1n) is 9.67. The highest BCUT2D eigenvalue weighted by atomic mass is 19.1. The topological polar surface area (TPSA) is 71.1 Å². The van der Waals surface area contributed by atoms with E-state index in [0.29, 0.717) is 29.8 Å². The third-order valence-corrected chi connectivity index (χ3v) is 5.74. The highest BCUT2D eigenvalue weighted by Gasteiger charge is 2.39. The number of hydrogen-bond acceptors (Lipinski definition) is 4. The van der Waals surface area contributed by atoms with Gasteiger partial charge in [0, 0.05) is 24.7 Å². The number of ether oxygens (including phenoxy) is 2. The summed E-state index contributed by atoms with van der Waals surface area (Å²) in [5, 5.41) is 2.65. The van der Waals surface area contributed by atoms with Crippen LogP contribution in [0.25, 0.3) is 0 Å². The average molecular weight is 415 g/mol. The molecule has 1 unspecified atom stereocenters. The van der Waals surface area contributed by atoms with Crippen molar-refractivity contribution in [3.8, 4) is 5.75 Å². The van der Waals surface area contributed by atoms with Gasteiger partial charge in [0.1, 0.15) is 18.2 Å². The van der Waals surface area contributed by atoms with Crippen molar-refractivity contribution >= 4 is 17.6 Å². The van der Waals surface area contributed by atoms with Crippen molar-refractivity contribution in [3.05, 3.63) is 58.7 Å². The second-order valence-corrected chi connectivity index (χ2v) is 7.52. The lowest BCUT2D eigenvalue weighted by molar-refractivity contribution is -0.139. The molecule has 2 aromatic rings. The van der Waals surface area contributed by atoms with Gasteiger partial charge >= 0.3 is 6.03 Å². The van der Waals surface area contributed by atoms with Crippen molar-refractivity contribution in [1.82, 2.24) is 9.80 Å². The van der Waals surface area contributed by atoms with Crippen LogP contribution in [-0.4, -0.2) is 48.2 Å². The zero-order valence-electron chi connectivity index (χ0n) is 16.0. The number of hydrogen-bond donors (Lipinski definition) is 1. The lowest BCUT2D eigenvalue weighted by Crippen LogP contribution is -2.56. The number of rotatable bonds is 1. The van der Waals surface area contributed by atoms with Crippen LogP contribution >= 0.6 is 0 Å². The van der Waals surface area contributed by atoms with Crippen molar-refractivity contribution in [2.75, 3.05) is 31.7 Å². The van der Waals surface area contributed by atoms with Crippen molar-refractivity contribution in [2.45, 2.75) is 19.1 Å². The molecule has 1 saturated heterocycles. The van der Waals surface area contributed by atoms with Gasteiger partial charge in [0.05, 0.1) is 18.3 Å². The van der Waals surface area contributed by atoms with Crippen LogP contribution in [0.1, 0.15) is 22.7 Å². The second-order valence-electron chi connectivity index (χ2n) is 7.52. The number of carbonyl (C=O) groups is 2. The quantitative estimate of drug-likeness (QED) is 0.778. The summed E-state index contributed by atoms with van der Waals surface area (Å²) in [5.41, 5.74) is 1.98. The minimum Gasteiger partial charge on any atom is -0.465 e. The lowest BCUT2D eigenvalue weighted by Gasteiger charge is -2.44. The molecular weight excluding hydrogens is 396 g/mol. The summed E-state index contributed by atoms with van der Waals surface area (Å²) in [6.07, 6.45) is 0.450. The molecule has 0 saturated carbocycles. The third-order valence-electron chi connectivity index (χ3n) is 5.74. The summed E-state index contributed by atoms with van der Waals surface area (Å²) in [6.45, 7) is 0.711. The SMILES string of the molecule is O=C(Nc1cc(F)cc2c1OCOC2)N1CC(=O)N2CCc3c(F)cccc3C2C1. The van der Waals surface area contributed by atoms with Crippen molar-refractivity contribution in [3.63, 3.8) is 0 Å². The van der Waals surface area contributed by atoms with Crippen LogP contribution in [0.5, 0.6) is 5.75 Å². The Kier molecular flexibility index (Phi) is 4.54. The molecule has 5 rings (SSSR count). The smallest absolute Gasteiger partial charge is 0.322 e. The number of anilines is 1. The van der Waals surface area contributed by atoms with Gasteiger partial charge in [-0.15, -0.1) is 0 Å². The van der Waals surface area contributed by atoms with Gasteiger partial charge in [0.15, 0.2) is 12.5 Å². The average Bonchev–Trinajstić information content (AvgIpc) is 2.73. The number of benzene rings is 2. The van der Waals surface area contributed by atoms with E-state index in [-0.39, 0.29) is 43.9 Å². The maximum absolute atomic E-state index is 14.2. The van der Waals surface area contributed by atoms with Crippen LogP contribution in [0.2, 0.25) is 0 Å². The first kappa shape index (κ1) is 18.8. The zero-order valence-corrected chi connectivity index (χ0v) is 16.0. The Labute approximate surface area is 171 Å². The Hall–Kier alpha value is -3.20. The predicted molar refractivity (Wildman–Crippen MR) is 102 cm³/mol. The van der Waals surface area contributed by atoms with E-state index in [1.54, 1.807) is 17.0 Å². The fraction of sp³-hybridized carbons (Fsp3) is 0.333. The Morgan fingerprint density at radius 2 is 2.10 bits per heavy atom. The van der Waals surface area contributed by atoms with Crippen LogP contribution in [0.15, 0.2) is 30.3 Å². The molecule has 9 heteroatoms. The van der Waals surface area contributed by atoms with Gasteiger partial charge in [0.25, 0.3) is 0 Å². The maximum Gasteiger partial charge on any atom is 0.322 e. The number of nitrogens with zero attached hydrogens (tertiary/aromatic N) is 2. The molecule has 0 spiro atoms. The maximum atomic E-state index is 14.2. The van der Waals surface area contributed by atoms with E-state index in [2.05, 4.69) is 5.32 Å². The highest BCUT2D eigenvalue weighted by Crippen LogP contribution is 2.36. The molecule has 0 aliphatic carbocycles. The van der Waals surface area contributed by atoms with Crippen LogP contribution in [0, 0.1) is 11.6 Å². The molecule has 3 amide bonds. The monoisotopic (exact) mass is 415 g/mol. The van der Waals surface area contributed by atoms with Crippen LogP contribution in [-0.2, 0) is 22.6 Å². The van der Waals surface area contributed by atoms with E-state index < -0.39 is 17.9 Å². The molecule has 2 aromatic carbocycles. The summed E-state index contributed by atoms with van der Waals surface area (Å²) in [6, 6.07) is 6.31. The van der Waals surface area contributed by atoms with E-state index in [1.807, 2.05) is 0 Å². The fourth-order valence-corrected chi connectivity index (χ4v) is 4.35. The van der Waals surface area contributed by atoms with Gasteiger partial charge < -0.3 is 24.6 Å². The molecule has 3 heterocycles. The van der Waals surface area contributed by atoms with Gasteiger partial charge in [0.2, 0.25) is 5.91 Å². The van der Waals surface area contributed by atoms with Crippen molar-refractivity contribution < 1.29 is 27.8 Å². The molecule has 1 N–H and O–H groups in total. The van der Waals surface area contributed by atoms with Gasteiger partial charge in [-0.05, 0) is 29.7 Å². The number of amides is 3. The van der Waals surface area contributed by atoms with Crippen LogP contribution in [0.4, 0.5) is 19.3 Å². The largest absolute Gasteiger partial charge is 0.465 e. The number of urea groups is 1. The summed E-state index contributed by atoms with van der Waals surface area (Å²) >= 11 is 0. The molecule has 156 valence electrons. The van der Waals surface area contributed by atoms with E-state index in [9.17, 15) is 18.4 Å². The minimum absolute atomic E-state index is 0.00306. The Morgan fingerprint density at radius 1 is 1.23 bits per heavy atom. The Bertz CT molecular complexity index is 1050. The molecule has 0 radical (unpaired) electrons. The Morgan fingerprint density at radius 3 is 2.97 bits per heavy atom. The Balaban J connectivity index is 1.40. The number of fused-ring (bicyclic) bond motifs is 4. The van der Waals surface area contributed by atoms with E-state index in [0.717, 1.165) is 5.56 Å². The summed E-state index contributed by atoms with van der Waals surface area (Å²) < 4.78 is 38.8. The molecule has 3 aliphatic rings. The lowest BCUT2D eigenvalue weighted by atomic mass is 9.90. The summed E-state index contributed by atoms with van der Waals surface area (Å²) in [5.74, 6) is -0.684. The molecule has 0 bridgehead atoms. The van der Waals surface area contributed by atoms with E-state index in [4.69, 9.17) is 9.47 Å². The molecule has 1 fully saturated rings. The van der Waals surface area contributed by atoms with Gasteiger partial charge in [-0.1, -0.05) is 12.1 Å². The third kappa shape index (κ3) is 3.15. The second kappa shape index (κ2) is 7.24. The highest BCUT2D eigenvalue weighted by molar-refractivity contribution is 5.94. The van der Waals surface area contributed by atoms with Gasteiger partial charge in [-0.25, -0.2) is 13.6 Å². The normalized spacial score (nSPS) is 20.1. The fourth-order valence-electron chi connectivity index (χ4n) is 4.35. The van der Waals surface area contributed by atoms with Gasteiger partial charge in [-0.2, -0.15) is 0 Å². The van der Waals surface area contributed by atoms with Crippen LogP contribution < -0.4 is 10.1 Å². The van der Waals surface area contributed by atoms with Gasteiger partial charge in [-0.3, -0.25) is 4.79 Å². The van der Waals surface area contributed by atoms with Crippen LogP contribution in [0.3, 0.4) is 0 Å². The minimum atomic E-state index is -0.547. The standard InChI is InChI=1S/C21H19F2N3O4/c22-13-6-12-10-29-11-30-20(12)17(7-13)24-21(28)25-8-18-15-2-1-3-16(23)14(15)4-5-26(18)19(27)9-25/h1-3,6-7,18H,4-5,8-11H2,(H,24,28). The molecule has 30 heavy (non-hydrogen) atoms. The first-order chi connectivity index (χ1) is 14.5. The molecule has 1 atom stereocenters. The molecular formula is C21H19F2N3O4. The van der Waals surface area contributed by atoms with Crippen molar-refractivity contribution in [1.29, 1.82) is 0 Å². The molecule has 7 nitrogen and oxygen atoms in total. The number of halogens is 2. The van der Waals surface area contributed by atoms with Crippen molar-refractivity contribution in [2.24, 2.45) is 0 Å². The molecule has 3 aliphatic heterocycles. The first-order valence-corrected chi connectivity index (χ1v) is 9.67.